The van der Waals surface area contributed by atoms with Gasteiger partial charge in [-0.3, -0.25) is 4.98 Å². The number of benzene rings is 2. The Labute approximate surface area is 178 Å². The van der Waals surface area contributed by atoms with E-state index < -0.39 is 0 Å². The van der Waals surface area contributed by atoms with Gasteiger partial charge in [-0.2, -0.15) is 0 Å². The zero-order chi connectivity index (χ0) is 21.1. The van der Waals surface area contributed by atoms with Crippen LogP contribution in [0.25, 0.3) is 11.1 Å². The summed E-state index contributed by atoms with van der Waals surface area (Å²) in [6.45, 7) is 8.21. The Morgan fingerprint density at radius 1 is 0.833 bits per heavy atom. The molecule has 0 spiro atoms. The molecule has 1 fully saturated rings. The van der Waals surface area contributed by atoms with Crippen LogP contribution in [0.4, 0.5) is 11.4 Å². The van der Waals surface area contributed by atoms with Crippen molar-refractivity contribution in [3.05, 3.63) is 66.0 Å². The minimum absolute atomic E-state index is 0.892. The Morgan fingerprint density at radius 2 is 1.53 bits per heavy atom. The van der Waals surface area contributed by atoms with Gasteiger partial charge in [0.15, 0.2) is 0 Å². The molecule has 0 unspecified atom stereocenters. The Kier molecular flexibility index (Phi) is 5.79. The molecule has 0 bridgehead atoms. The molecule has 0 aliphatic carbocycles. The summed E-state index contributed by atoms with van der Waals surface area (Å²) in [6.07, 6.45) is 3.75. The molecule has 1 aliphatic heterocycles. The fourth-order valence-electron chi connectivity index (χ4n) is 4.22. The van der Waals surface area contributed by atoms with Gasteiger partial charge in [0, 0.05) is 61.1 Å². The van der Waals surface area contributed by atoms with Gasteiger partial charge in [0.05, 0.1) is 14.2 Å². The smallest absolute Gasteiger partial charge is 0.122 e. The third-order valence-electron chi connectivity index (χ3n) is 6.04. The highest BCUT2D eigenvalue weighted by Crippen LogP contribution is 2.40. The quantitative estimate of drug-likeness (QED) is 0.617. The third-order valence-corrected chi connectivity index (χ3v) is 6.04. The Morgan fingerprint density at radius 3 is 2.13 bits per heavy atom. The van der Waals surface area contributed by atoms with Gasteiger partial charge < -0.3 is 19.3 Å². The van der Waals surface area contributed by atoms with E-state index in [1.807, 2.05) is 30.6 Å². The topological polar surface area (TPSA) is 37.8 Å². The van der Waals surface area contributed by atoms with E-state index in [4.69, 9.17) is 9.47 Å². The standard InChI is InChI=1S/C25H29N3O2/c1-18-19(2)25(23(16-24(18)30-4)20-6-5-11-26-17-20)28-14-12-27(13-15-28)21-7-9-22(29-3)10-8-21/h5-11,16-17H,12-15H2,1-4H3. The Hall–Kier alpha value is -3.21. The van der Waals surface area contributed by atoms with Gasteiger partial charge in [0.2, 0.25) is 0 Å². The van der Waals surface area contributed by atoms with Crippen LogP contribution in [0.5, 0.6) is 11.5 Å². The summed E-state index contributed by atoms with van der Waals surface area (Å²) in [7, 11) is 3.44. The fourth-order valence-corrected chi connectivity index (χ4v) is 4.22. The van der Waals surface area contributed by atoms with Gasteiger partial charge in [-0.25, -0.2) is 0 Å². The lowest BCUT2D eigenvalue weighted by atomic mass is 9.96. The molecular formula is C25H29N3O2. The number of aromatic nitrogens is 1. The van der Waals surface area contributed by atoms with Crippen molar-refractivity contribution in [3.8, 4) is 22.6 Å². The number of pyridine rings is 1. The van der Waals surface area contributed by atoms with Gasteiger partial charge in [-0.15, -0.1) is 0 Å². The van der Waals surface area contributed by atoms with Crippen molar-refractivity contribution in [3.63, 3.8) is 0 Å². The second kappa shape index (κ2) is 8.66. The van der Waals surface area contributed by atoms with E-state index in [0.717, 1.165) is 43.2 Å². The van der Waals surface area contributed by atoms with Crippen molar-refractivity contribution < 1.29 is 9.47 Å². The van der Waals surface area contributed by atoms with Gasteiger partial charge in [-0.1, -0.05) is 6.07 Å². The molecule has 2 aromatic carbocycles. The first-order chi connectivity index (χ1) is 14.6. The summed E-state index contributed by atoms with van der Waals surface area (Å²) in [6, 6.07) is 14.6. The number of nitrogens with zero attached hydrogens (tertiary/aromatic N) is 3. The first kappa shape index (κ1) is 20.1. The van der Waals surface area contributed by atoms with Crippen molar-refractivity contribution in [1.29, 1.82) is 0 Å². The summed E-state index contributed by atoms with van der Waals surface area (Å²) >= 11 is 0. The summed E-state index contributed by atoms with van der Waals surface area (Å²) in [5.41, 5.74) is 7.29. The zero-order valence-corrected chi connectivity index (χ0v) is 18.2. The van der Waals surface area contributed by atoms with Gasteiger partial charge in [0.1, 0.15) is 11.5 Å². The lowest BCUT2D eigenvalue weighted by Crippen LogP contribution is -2.47. The van der Waals surface area contributed by atoms with Gasteiger partial charge in [-0.05, 0) is 61.4 Å². The third kappa shape index (κ3) is 3.80. The highest BCUT2D eigenvalue weighted by atomic mass is 16.5. The zero-order valence-electron chi connectivity index (χ0n) is 18.2. The predicted octanol–water partition coefficient (Wildman–Crippen LogP) is 4.71. The number of hydrogen-bond acceptors (Lipinski definition) is 5. The number of ether oxygens (including phenoxy) is 2. The van der Waals surface area contributed by atoms with Crippen LogP contribution in [0.2, 0.25) is 0 Å². The summed E-state index contributed by atoms with van der Waals surface area (Å²) in [5, 5.41) is 0. The van der Waals surface area contributed by atoms with Crippen LogP contribution in [-0.2, 0) is 0 Å². The van der Waals surface area contributed by atoms with E-state index in [0.29, 0.717) is 0 Å². The minimum atomic E-state index is 0.892. The molecule has 156 valence electrons. The minimum Gasteiger partial charge on any atom is -0.497 e. The molecule has 0 amide bonds. The normalized spacial score (nSPS) is 14.0. The van der Waals surface area contributed by atoms with E-state index >= 15 is 0 Å². The molecular weight excluding hydrogens is 374 g/mol. The van der Waals surface area contributed by atoms with Crippen molar-refractivity contribution in [2.24, 2.45) is 0 Å². The molecule has 1 aliphatic rings. The molecule has 3 aromatic rings. The van der Waals surface area contributed by atoms with Crippen molar-refractivity contribution in [1.82, 2.24) is 4.98 Å². The lowest BCUT2D eigenvalue weighted by Gasteiger charge is -2.39. The number of piperazine rings is 1. The maximum absolute atomic E-state index is 5.67. The molecule has 0 N–H and O–H groups in total. The van der Waals surface area contributed by atoms with Crippen LogP contribution < -0.4 is 19.3 Å². The molecule has 5 heteroatoms. The average molecular weight is 404 g/mol. The summed E-state index contributed by atoms with van der Waals surface area (Å²) in [4.78, 5) is 9.28. The van der Waals surface area contributed by atoms with Crippen LogP contribution in [0.1, 0.15) is 11.1 Å². The second-order valence-electron chi connectivity index (χ2n) is 7.64. The SMILES string of the molecule is COc1ccc(N2CCN(c3c(-c4cccnc4)cc(OC)c(C)c3C)CC2)cc1. The van der Waals surface area contributed by atoms with Crippen molar-refractivity contribution >= 4 is 11.4 Å². The monoisotopic (exact) mass is 403 g/mol. The number of rotatable bonds is 5. The second-order valence-corrected chi connectivity index (χ2v) is 7.64. The van der Waals surface area contributed by atoms with E-state index in [-0.39, 0.29) is 0 Å². The van der Waals surface area contributed by atoms with Gasteiger partial charge in [0.25, 0.3) is 0 Å². The number of methoxy groups -OCH3 is 2. The van der Waals surface area contributed by atoms with E-state index in [1.165, 1.54) is 28.1 Å². The predicted molar refractivity (Wildman–Crippen MR) is 123 cm³/mol. The fraction of sp³-hybridized carbons (Fsp3) is 0.320. The largest absolute Gasteiger partial charge is 0.497 e. The van der Waals surface area contributed by atoms with Crippen LogP contribution in [0.15, 0.2) is 54.9 Å². The molecule has 0 radical (unpaired) electrons. The molecule has 0 saturated carbocycles. The van der Waals surface area contributed by atoms with Crippen LogP contribution >= 0.6 is 0 Å². The summed E-state index contributed by atoms with van der Waals surface area (Å²) < 4.78 is 11.0. The Balaban J connectivity index is 1.63. The Bertz CT molecular complexity index is 995. The van der Waals surface area contributed by atoms with Crippen LogP contribution in [0, 0.1) is 13.8 Å². The molecule has 0 atom stereocenters. The van der Waals surface area contributed by atoms with E-state index in [2.05, 4.69) is 52.9 Å². The molecule has 5 nitrogen and oxygen atoms in total. The highest BCUT2D eigenvalue weighted by Gasteiger charge is 2.24. The van der Waals surface area contributed by atoms with Crippen LogP contribution in [0.3, 0.4) is 0 Å². The lowest BCUT2D eigenvalue weighted by molar-refractivity contribution is 0.411. The number of hydrogen-bond donors (Lipinski definition) is 0. The van der Waals surface area contributed by atoms with E-state index in [1.54, 1.807) is 14.2 Å². The molecule has 1 saturated heterocycles. The molecule has 1 aromatic heterocycles. The number of anilines is 2. The maximum Gasteiger partial charge on any atom is 0.122 e. The molecule has 4 rings (SSSR count). The van der Waals surface area contributed by atoms with Crippen molar-refractivity contribution in [2.75, 3.05) is 50.2 Å². The highest BCUT2D eigenvalue weighted by molar-refractivity contribution is 5.83. The first-order valence-corrected chi connectivity index (χ1v) is 10.3. The van der Waals surface area contributed by atoms with Crippen molar-refractivity contribution in [2.45, 2.75) is 13.8 Å². The maximum atomic E-state index is 5.67. The molecule has 2 heterocycles. The first-order valence-electron chi connectivity index (χ1n) is 10.3. The van der Waals surface area contributed by atoms with Crippen LogP contribution in [-0.4, -0.2) is 45.4 Å². The van der Waals surface area contributed by atoms with E-state index in [9.17, 15) is 0 Å². The van der Waals surface area contributed by atoms with Gasteiger partial charge >= 0.3 is 0 Å². The average Bonchev–Trinajstić information content (AvgIpc) is 2.81. The summed E-state index contributed by atoms with van der Waals surface area (Å²) in [5.74, 6) is 1.81. The molecule has 30 heavy (non-hydrogen) atoms.